The minimum absolute atomic E-state index is 0.506. The molecule has 0 amide bonds. The van der Waals surface area contributed by atoms with Crippen molar-refractivity contribution in [3.05, 3.63) is 0 Å². The van der Waals surface area contributed by atoms with Crippen molar-refractivity contribution in [2.75, 3.05) is 39.0 Å². The summed E-state index contributed by atoms with van der Waals surface area (Å²) < 4.78 is 24.2. The molecule has 3 N–H and O–H groups in total. The predicted molar refractivity (Wildman–Crippen MR) is 61.1 cm³/mol. The van der Waals surface area contributed by atoms with Gasteiger partial charge < -0.3 is 10.6 Å². The van der Waals surface area contributed by atoms with Crippen LogP contribution in [0.2, 0.25) is 0 Å². The number of hydrogen-bond donors (Lipinski definition) is 2. The van der Waals surface area contributed by atoms with E-state index in [1.165, 1.54) is 6.26 Å². The van der Waals surface area contributed by atoms with Crippen LogP contribution in [0.15, 0.2) is 0 Å². The fraction of sp³-hybridized carbons (Fsp3) is 1.00. The quantitative estimate of drug-likeness (QED) is 0.654. The van der Waals surface area contributed by atoms with Gasteiger partial charge in [-0.15, -0.1) is 0 Å². The zero-order valence-electron chi connectivity index (χ0n) is 9.28. The molecule has 5 nitrogen and oxygen atoms in total. The van der Waals surface area contributed by atoms with Crippen LogP contribution in [0.3, 0.4) is 0 Å². The number of hydrogen-bond acceptors (Lipinski definition) is 4. The van der Waals surface area contributed by atoms with Gasteiger partial charge in [0.15, 0.2) is 0 Å². The molecule has 0 bridgehead atoms. The standard InChI is InChI=1S/C9H21N3O2S/c1-15(13,14)11-4-7-12-5-2-9(8-10)3-6-12/h9,11H,2-8,10H2,1H3. The summed E-state index contributed by atoms with van der Waals surface area (Å²) in [6.45, 7) is 4.15. The van der Waals surface area contributed by atoms with Crippen molar-refractivity contribution in [3.63, 3.8) is 0 Å². The number of piperidine rings is 1. The number of nitrogens with one attached hydrogen (secondary N) is 1. The van der Waals surface area contributed by atoms with E-state index >= 15 is 0 Å². The van der Waals surface area contributed by atoms with Gasteiger partial charge in [-0.2, -0.15) is 0 Å². The number of nitrogens with zero attached hydrogens (tertiary/aromatic N) is 1. The number of rotatable bonds is 5. The molecule has 0 unspecified atom stereocenters. The van der Waals surface area contributed by atoms with Gasteiger partial charge in [0.05, 0.1) is 6.26 Å². The highest BCUT2D eigenvalue weighted by Gasteiger charge is 2.17. The number of likely N-dealkylation sites (tertiary alicyclic amines) is 1. The van der Waals surface area contributed by atoms with Gasteiger partial charge in [-0.3, -0.25) is 0 Å². The van der Waals surface area contributed by atoms with Crippen LogP contribution in [0.25, 0.3) is 0 Å². The first-order valence-electron chi connectivity index (χ1n) is 5.38. The van der Waals surface area contributed by atoms with Gasteiger partial charge in [-0.1, -0.05) is 0 Å². The van der Waals surface area contributed by atoms with Crippen LogP contribution < -0.4 is 10.5 Å². The summed E-state index contributed by atoms with van der Waals surface area (Å²) in [4.78, 5) is 2.28. The molecule has 0 spiro atoms. The third-order valence-electron chi connectivity index (χ3n) is 2.83. The smallest absolute Gasteiger partial charge is 0.208 e. The van der Waals surface area contributed by atoms with Crippen molar-refractivity contribution in [2.24, 2.45) is 11.7 Å². The molecule has 1 rings (SSSR count). The van der Waals surface area contributed by atoms with E-state index in [4.69, 9.17) is 5.73 Å². The monoisotopic (exact) mass is 235 g/mol. The Hall–Kier alpha value is -0.170. The third kappa shape index (κ3) is 5.46. The molecule has 1 aliphatic heterocycles. The van der Waals surface area contributed by atoms with Crippen LogP contribution in [0, 0.1) is 5.92 Å². The highest BCUT2D eigenvalue weighted by Crippen LogP contribution is 2.14. The Bertz CT molecular complexity index is 271. The number of nitrogens with two attached hydrogens (primary N) is 1. The molecule has 15 heavy (non-hydrogen) atoms. The topological polar surface area (TPSA) is 75.4 Å². The summed E-state index contributed by atoms with van der Waals surface area (Å²) in [6, 6.07) is 0. The highest BCUT2D eigenvalue weighted by atomic mass is 32.2. The lowest BCUT2D eigenvalue weighted by Crippen LogP contribution is -2.40. The van der Waals surface area contributed by atoms with E-state index in [-0.39, 0.29) is 0 Å². The summed E-state index contributed by atoms with van der Waals surface area (Å²) >= 11 is 0. The van der Waals surface area contributed by atoms with Gasteiger partial charge >= 0.3 is 0 Å². The average molecular weight is 235 g/mol. The zero-order valence-corrected chi connectivity index (χ0v) is 10.1. The van der Waals surface area contributed by atoms with Crippen molar-refractivity contribution in [1.82, 2.24) is 9.62 Å². The Morgan fingerprint density at radius 3 is 2.47 bits per heavy atom. The summed E-state index contributed by atoms with van der Waals surface area (Å²) in [5.74, 6) is 0.657. The predicted octanol–water partition coefficient (Wildman–Crippen LogP) is -0.794. The Balaban J connectivity index is 2.14. The first-order chi connectivity index (χ1) is 7.01. The van der Waals surface area contributed by atoms with E-state index in [0.29, 0.717) is 12.5 Å². The maximum absolute atomic E-state index is 10.8. The van der Waals surface area contributed by atoms with Gasteiger partial charge in [0, 0.05) is 13.1 Å². The second-order valence-electron chi connectivity index (χ2n) is 4.19. The van der Waals surface area contributed by atoms with Crippen molar-refractivity contribution in [1.29, 1.82) is 0 Å². The van der Waals surface area contributed by atoms with E-state index in [1.807, 2.05) is 0 Å². The van der Waals surface area contributed by atoms with Crippen molar-refractivity contribution in [2.45, 2.75) is 12.8 Å². The summed E-state index contributed by atoms with van der Waals surface area (Å²) in [7, 11) is -3.04. The van der Waals surface area contributed by atoms with E-state index in [2.05, 4.69) is 9.62 Å². The van der Waals surface area contributed by atoms with E-state index in [1.54, 1.807) is 0 Å². The molecule has 0 aromatic carbocycles. The lowest BCUT2D eigenvalue weighted by Gasteiger charge is -2.31. The lowest BCUT2D eigenvalue weighted by atomic mass is 9.97. The maximum atomic E-state index is 10.8. The number of sulfonamides is 1. The Morgan fingerprint density at radius 1 is 1.40 bits per heavy atom. The largest absolute Gasteiger partial charge is 0.330 e. The van der Waals surface area contributed by atoms with Gasteiger partial charge in [-0.05, 0) is 38.4 Å². The van der Waals surface area contributed by atoms with Gasteiger partial charge in [0.2, 0.25) is 10.0 Å². The second-order valence-corrected chi connectivity index (χ2v) is 6.02. The van der Waals surface area contributed by atoms with Crippen molar-refractivity contribution < 1.29 is 8.42 Å². The van der Waals surface area contributed by atoms with Crippen LogP contribution in [-0.4, -0.2) is 52.3 Å². The lowest BCUT2D eigenvalue weighted by molar-refractivity contribution is 0.190. The average Bonchev–Trinajstić information content (AvgIpc) is 2.17. The molecule has 0 saturated carbocycles. The highest BCUT2D eigenvalue weighted by molar-refractivity contribution is 7.88. The molecule has 0 radical (unpaired) electrons. The van der Waals surface area contributed by atoms with Crippen LogP contribution >= 0.6 is 0 Å². The molecule has 0 atom stereocenters. The van der Waals surface area contributed by atoms with E-state index < -0.39 is 10.0 Å². The zero-order chi connectivity index (χ0) is 11.3. The van der Waals surface area contributed by atoms with Crippen LogP contribution in [0.1, 0.15) is 12.8 Å². The van der Waals surface area contributed by atoms with Gasteiger partial charge in [-0.25, -0.2) is 13.1 Å². The molecule has 1 heterocycles. The normalized spacial score (nSPS) is 20.7. The van der Waals surface area contributed by atoms with Crippen LogP contribution in [-0.2, 0) is 10.0 Å². The fourth-order valence-electron chi connectivity index (χ4n) is 1.83. The summed E-state index contributed by atoms with van der Waals surface area (Å²) in [5, 5.41) is 0. The Morgan fingerprint density at radius 2 is 2.00 bits per heavy atom. The molecule has 90 valence electrons. The minimum Gasteiger partial charge on any atom is -0.330 e. The van der Waals surface area contributed by atoms with Crippen LogP contribution in [0.5, 0.6) is 0 Å². The SMILES string of the molecule is CS(=O)(=O)NCCN1CCC(CN)CC1. The molecule has 0 aliphatic carbocycles. The fourth-order valence-corrected chi connectivity index (χ4v) is 2.30. The second kappa shape index (κ2) is 5.79. The van der Waals surface area contributed by atoms with E-state index in [0.717, 1.165) is 39.0 Å². The van der Waals surface area contributed by atoms with Crippen molar-refractivity contribution in [3.8, 4) is 0 Å². The van der Waals surface area contributed by atoms with Crippen molar-refractivity contribution >= 4 is 10.0 Å². The maximum Gasteiger partial charge on any atom is 0.208 e. The third-order valence-corrected chi connectivity index (χ3v) is 3.56. The molecule has 6 heteroatoms. The molecular formula is C9H21N3O2S. The van der Waals surface area contributed by atoms with Gasteiger partial charge in [0.25, 0.3) is 0 Å². The molecule has 1 saturated heterocycles. The molecular weight excluding hydrogens is 214 g/mol. The Labute approximate surface area is 92.1 Å². The van der Waals surface area contributed by atoms with Crippen LogP contribution in [0.4, 0.5) is 0 Å². The summed E-state index contributed by atoms with van der Waals surface area (Å²) in [6.07, 6.45) is 3.46. The molecule has 1 fully saturated rings. The molecule has 0 aromatic rings. The Kier molecular flexibility index (Phi) is 4.98. The molecule has 0 aromatic heterocycles. The minimum atomic E-state index is -3.04. The first-order valence-corrected chi connectivity index (χ1v) is 7.27. The van der Waals surface area contributed by atoms with Gasteiger partial charge in [0.1, 0.15) is 0 Å². The summed E-state index contributed by atoms with van der Waals surface area (Å²) in [5.41, 5.74) is 5.60. The first kappa shape index (κ1) is 12.9. The molecule has 1 aliphatic rings. The van der Waals surface area contributed by atoms with E-state index in [9.17, 15) is 8.42 Å².